The van der Waals surface area contributed by atoms with E-state index < -0.39 is 12.0 Å². The van der Waals surface area contributed by atoms with E-state index in [-0.39, 0.29) is 12.2 Å². The maximum atomic E-state index is 14.2. The van der Waals surface area contributed by atoms with Crippen LogP contribution < -0.4 is 24.4 Å². The second-order valence-electron chi connectivity index (χ2n) is 10.3. The minimum atomic E-state index is -0.769. The van der Waals surface area contributed by atoms with Crippen molar-refractivity contribution in [1.82, 2.24) is 4.57 Å². The molecule has 0 amide bonds. The van der Waals surface area contributed by atoms with Crippen molar-refractivity contribution in [3.05, 3.63) is 154 Å². The normalized spacial score (nSPS) is 14.4. The topological polar surface area (TPSA) is 79.1 Å². The number of halogens is 2. The smallest absolute Gasteiger partial charge is 0.338 e. The zero-order valence-corrected chi connectivity index (χ0v) is 28.1. The molecule has 232 valence electrons. The average Bonchev–Trinajstić information content (AvgIpc) is 3.38. The van der Waals surface area contributed by atoms with Crippen molar-refractivity contribution >= 4 is 56.6 Å². The zero-order chi connectivity index (χ0) is 32.2. The molecule has 10 heteroatoms. The predicted molar refractivity (Wildman–Crippen MR) is 184 cm³/mol. The summed E-state index contributed by atoms with van der Waals surface area (Å²) < 4.78 is 19.7. The molecule has 0 radical (unpaired) electrons. The SMILES string of the molecule is CCOC(=O)C1=C(c2ccccc2)N=c2s/c(=C\c3ccc(OCc4ccc(Cl)cc4)c(Br)c3)c(=O)n2[C@@H]1c1ccc(OC)cc1. The van der Waals surface area contributed by atoms with Gasteiger partial charge in [0.05, 0.1) is 40.0 Å². The molecule has 5 aromatic rings. The predicted octanol–water partition coefficient (Wildman–Crippen LogP) is 6.94. The average molecular weight is 716 g/mol. The number of hydrogen-bond acceptors (Lipinski definition) is 7. The number of hydrogen-bond donors (Lipinski definition) is 0. The van der Waals surface area contributed by atoms with Gasteiger partial charge in [-0.3, -0.25) is 9.36 Å². The maximum absolute atomic E-state index is 14.2. The maximum Gasteiger partial charge on any atom is 0.338 e. The molecule has 6 rings (SSSR count). The molecule has 46 heavy (non-hydrogen) atoms. The molecule has 0 aliphatic carbocycles. The van der Waals surface area contributed by atoms with E-state index in [1.807, 2.05) is 103 Å². The molecule has 1 aliphatic heterocycles. The van der Waals surface area contributed by atoms with Crippen molar-refractivity contribution in [2.24, 2.45) is 4.99 Å². The number of fused-ring (bicyclic) bond motifs is 1. The standard InChI is InChI=1S/C36H28BrClN2O5S/c1-3-44-35(42)31-32(24-7-5-4-6-8-24)39-36-40(33(31)25-12-16-27(43-2)17-13-25)34(41)30(46-36)20-23-11-18-29(28(37)19-23)45-21-22-9-14-26(38)15-10-22/h4-20,33H,3,21H2,1-2H3/b30-20-/t33-/m1/s1. The molecule has 0 spiro atoms. The Morgan fingerprint density at radius 2 is 1.76 bits per heavy atom. The van der Waals surface area contributed by atoms with Gasteiger partial charge in [0.1, 0.15) is 18.1 Å². The van der Waals surface area contributed by atoms with E-state index >= 15 is 0 Å². The third-order valence-electron chi connectivity index (χ3n) is 7.37. The number of benzene rings is 4. The van der Waals surface area contributed by atoms with Crippen molar-refractivity contribution < 1.29 is 19.0 Å². The molecule has 7 nitrogen and oxygen atoms in total. The van der Waals surface area contributed by atoms with Gasteiger partial charge in [0.2, 0.25) is 0 Å². The second kappa shape index (κ2) is 13.9. The van der Waals surface area contributed by atoms with Crippen molar-refractivity contribution in [2.45, 2.75) is 19.6 Å². The van der Waals surface area contributed by atoms with E-state index in [2.05, 4.69) is 15.9 Å². The van der Waals surface area contributed by atoms with Crippen LogP contribution in [-0.4, -0.2) is 24.3 Å². The van der Waals surface area contributed by atoms with Crippen LogP contribution >= 0.6 is 38.9 Å². The van der Waals surface area contributed by atoms with Gasteiger partial charge in [-0.25, -0.2) is 9.79 Å². The second-order valence-corrected chi connectivity index (χ2v) is 12.6. The Bertz CT molecular complexity index is 2110. The number of aromatic nitrogens is 1. The first-order chi connectivity index (χ1) is 22.4. The molecule has 1 atom stereocenters. The van der Waals surface area contributed by atoms with Gasteiger partial charge in [-0.2, -0.15) is 0 Å². The summed E-state index contributed by atoms with van der Waals surface area (Å²) in [5.74, 6) is 0.797. The molecular weight excluding hydrogens is 688 g/mol. The van der Waals surface area contributed by atoms with Crippen molar-refractivity contribution in [3.63, 3.8) is 0 Å². The van der Waals surface area contributed by atoms with Crippen molar-refractivity contribution in [2.75, 3.05) is 13.7 Å². The molecule has 1 aromatic heterocycles. The minimum absolute atomic E-state index is 0.179. The Morgan fingerprint density at radius 1 is 1.02 bits per heavy atom. The van der Waals surface area contributed by atoms with Crippen LogP contribution in [0.2, 0.25) is 5.02 Å². The molecule has 0 bridgehead atoms. The number of carbonyl (C=O) groups excluding carboxylic acids is 1. The molecule has 2 heterocycles. The van der Waals surface area contributed by atoms with Gasteiger partial charge >= 0.3 is 5.97 Å². The molecule has 0 saturated carbocycles. The van der Waals surface area contributed by atoms with Gasteiger partial charge in [-0.1, -0.05) is 83.6 Å². The van der Waals surface area contributed by atoms with E-state index in [0.717, 1.165) is 26.7 Å². The lowest BCUT2D eigenvalue weighted by molar-refractivity contribution is -0.138. The highest BCUT2D eigenvalue weighted by Crippen LogP contribution is 2.36. The summed E-state index contributed by atoms with van der Waals surface area (Å²) in [5, 5.41) is 0.670. The fourth-order valence-electron chi connectivity index (χ4n) is 5.16. The van der Waals surface area contributed by atoms with Gasteiger partial charge in [0, 0.05) is 10.6 Å². The molecule has 0 N–H and O–H groups in total. The molecule has 0 saturated heterocycles. The third-order valence-corrected chi connectivity index (χ3v) is 9.22. The Kier molecular flexibility index (Phi) is 9.53. The van der Waals surface area contributed by atoms with Gasteiger partial charge in [-0.15, -0.1) is 0 Å². The van der Waals surface area contributed by atoms with Gasteiger partial charge in [0.15, 0.2) is 4.80 Å². The third kappa shape index (κ3) is 6.58. The summed E-state index contributed by atoms with van der Waals surface area (Å²) in [6.07, 6.45) is 1.82. The molecular formula is C36H28BrClN2O5S. The Hall–Kier alpha value is -4.44. The fourth-order valence-corrected chi connectivity index (χ4v) is 6.80. The van der Waals surface area contributed by atoms with Crippen molar-refractivity contribution in [3.8, 4) is 11.5 Å². The lowest BCUT2D eigenvalue weighted by atomic mass is 9.93. The molecule has 4 aromatic carbocycles. The lowest BCUT2D eigenvalue weighted by Crippen LogP contribution is -2.40. The van der Waals surface area contributed by atoms with Gasteiger partial charge in [0.25, 0.3) is 5.56 Å². The van der Waals surface area contributed by atoms with Crippen LogP contribution in [0.15, 0.2) is 117 Å². The summed E-state index contributed by atoms with van der Waals surface area (Å²) in [7, 11) is 1.59. The highest BCUT2D eigenvalue weighted by molar-refractivity contribution is 9.10. The molecule has 1 aliphatic rings. The number of thiazole rings is 1. The molecule has 0 fully saturated rings. The quantitative estimate of drug-likeness (QED) is 0.155. The summed E-state index contributed by atoms with van der Waals surface area (Å²) in [6, 6.07) is 29.2. The number of esters is 1. The molecule has 0 unspecified atom stereocenters. The summed E-state index contributed by atoms with van der Waals surface area (Å²) >= 11 is 10.9. The summed E-state index contributed by atoms with van der Waals surface area (Å²) in [5.41, 5.74) is 3.76. The monoisotopic (exact) mass is 714 g/mol. The van der Waals surface area contributed by atoms with Crippen LogP contribution in [0.4, 0.5) is 0 Å². The fraction of sp³-hybridized carbons (Fsp3) is 0.139. The number of carbonyl (C=O) groups is 1. The summed E-state index contributed by atoms with van der Waals surface area (Å²) in [4.78, 5) is 33.2. The van der Waals surface area contributed by atoms with Crippen molar-refractivity contribution in [1.29, 1.82) is 0 Å². The minimum Gasteiger partial charge on any atom is -0.497 e. The number of rotatable bonds is 9. The van der Waals surface area contributed by atoms with E-state index in [1.165, 1.54) is 11.3 Å². The van der Waals surface area contributed by atoms with E-state index in [0.29, 0.717) is 43.7 Å². The van der Waals surface area contributed by atoms with Gasteiger partial charge in [-0.05, 0) is 82.0 Å². The van der Waals surface area contributed by atoms with E-state index in [4.69, 9.17) is 30.8 Å². The van der Waals surface area contributed by atoms with E-state index in [1.54, 1.807) is 18.6 Å². The van der Waals surface area contributed by atoms with Crippen LogP contribution in [0.5, 0.6) is 11.5 Å². The van der Waals surface area contributed by atoms with Crippen LogP contribution in [0.25, 0.3) is 11.8 Å². The van der Waals surface area contributed by atoms with E-state index in [9.17, 15) is 9.59 Å². The van der Waals surface area contributed by atoms with Crippen LogP contribution in [-0.2, 0) is 16.1 Å². The Balaban J connectivity index is 1.45. The number of ether oxygens (including phenoxy) is 3. The first-order valence-electron chi connectivity index (χ1n) is 14.5. The largest absolute Gasteiger partial charge is 0.497 e. The Labute approximate surface area is 282 Å². The number of nitrogens with zero attached hydrogens (tertiary/aromatic N) is 2. The van der Waals surface area contributed by atoms with Gasteiger partial charge < -0.3 is 14.2 Å². The highest BCUT2D eigenvalue weighted by Gasteiger charge is 2.35. The lowest BCUT2D eigenvalue weighted by Gasteiger charge is -2.26. The summed E-state index contributed by atoms with van der Waals surface area (Å²) in [6.45, 7) is 2.31. The first-order valence-corrected chi connectivity index (χ1v) is 16.4. The number of methoxy groups -OCH3 is 1. The van der Waals surface area contributed by atoms with Crippen LogP contribution in [0.3, 0.4) is 0 Å². The first kappa shape index (κ1) is 31.5. The zero-order valence-electron chi connectivity index (χ0n) is 24.9. The van der Waals surface area contributed by atoms with Crippen LogP contribution in [0.1, 0.15) is 35.2 Å². The van der Waals surface area contributed by atoms with Crippen LogP contribution in [0, 0.1) is 0 Å². The highest BCUT2D eigenvalue weighted by atomic mass is 79.9. The Morgan fingerprint density at radius 3 is 2.43 bits per heavy atom.